The minimum absolute atomic E-state index is 0.121. The molecule has 0 spiro atoms. The molecule has 1 N–H and O–H groups in total. The molecule has 0 aromatic carbocycles. The van der Waals surface area contributed by atoms with E-state index in [9.17, 15) is 19.5 Å². The monoisotopic (exact) mass is 436 g/mol. The number of carbonyl (C=O) groups excluding carboxylic acids is 2. The van der Waals surface area contributed by atoms with Crippen molar-refractivity contribution in [2.45, 2.75) is 78.2 Å². The van der Waals surface area contributed by atoms with Gasteiger partial charge in [0, 0.05) is 24.9 Å². The highest BCUT2D eigenvalue weighted by molar-refractivity contribution is 7.14. The largest absolute Gasteiger partial charge is 0.477 e. The summed E-state index contributed by atoms with van der Waals surface area (Å²) in [5.41, 5.74) is 0.109. The average Bonchev–Trinajstić information content (AvgIpc) is 3.11. The second kappa shape index (κ2) is 9.50. The maximum absolute atomic E-state index is 13.7. The minimum atomic E-state index is -1.06. The Labute approximate surface area is 184 Å². The van der Waals surface area contributed by atoms with Crippen LogP contribution in [-0.2, 0) is 15.0 Å². The molecule has 6 nitrogen and oxygen atoms in total. The van der Waals surface area contributed by atoms with Crippen LogP contribution in [0.3, 0.4) is 0 Å². The van der Waals surface area contributed by atoms with Gasteiger partial charge in [0.05, 0.1) is 5.69 Å². The fourth-order valence-electron chi connectivity index (χ4n) is 3.99. The normalized spacial score (nSPS) is 20.5. The molecule has 168 valence electrons. The third-order valence-electron chi connectivity index (χ3n) is 5.93. The number of hydrogen-bond donors (Lipinski definition) is 1. The lowest BCUT2D eigenvalue weighted by Crippen LogP contribution is -2.51. The Morgan fingerprint density at radius 1 is 1.17 bits per heavy atom. The Balaban J connectivity index is 2.61. The molecular formula is C23H36N2O4S. The molecule has 1 fully saturated rings. The lowest BCUT2D eigenvalue weighted by molar-refractivity contribution is -0.133. The molecule has 1 aliphatic carbocycles. The van der Waals surface area contributed by atoms with Crippen LogP contribution in [0.5, 0.6) is 0 Å². The van der Waals surface area contributed by atoms with E-state index in [2.05, 4.69) is 6.92 Å². The van der Waals surface area contributed by atoms with E-state index in [1.807, 2.05) is 33.8 Å². The molecule has 1 aromatic rings. The molecule has 0 saturated heterocycles. The number of rotatable bonds is 6. The van der Waals surface area contributed by atoms with Crippen molar-refractivity contribution in [3.63, 3.8) is 0 Å². The number of likely N-dealkylation sites (N-methyl/N-ethyl adjacent to an activating group) is 1. The average molecular weight is 437 g/mol. The molecule has 2 amide bonds. The second-order valence-corrected chi connectivity index (χ2v) is 10.8. The van der Waals surface area contributed by atoms with Crippen molar-refractivity contribution in [3.05, 3.63) is 15.8 Å². The van der Waals surface area contributed by atoms with Crippen LogP contribution < -0.4 is 4.90 Å². The first-order valence-electron chi connectivity index (χ1n) is 10.8. The van der Waals surface area contributed by atoms with Crippen molar-refractivity contribution >= 4 is 34.8 Å². The highest BCUT2D eigenvalue weighted by atomic mass is 32.1. The number of aromatic carboxylic acids is 1. The van der Waals surface area contributed by atoms with Crippen molar-refractivity contribution in [3.8, 4) is 0 Å². The van der Waals surface area contributed by atoms with Crippen molar-refractivity contribution in [1.29, 1.82) is 0 Å². The Hall–Kier alpha value is -1.89. The lowest BCUT2D eigenvalue weighted by Gasteiger charge is -2.36. The van der Waals surface area contributed by atoms with Gasteiger partial charge in [-0.25, -0.2) is 4.79 Å². The van der Waals surface area contributed by atoms with Crippen LogP contribution in [0.1, 0.15) is 81.3 Å². The fourth-order valence-corrected chi connectivity index (χ4v) is 5.04. The Morgan fingerprint density at radius 2 is 1.73 bits per heavy atom. The second-order valence-electron chi connectivity index (χ2n) is 9.70. The highest BCUT2D eigenvalue weighted by Crippen LogP contribution is 2.40. The molecule has 1 aliphatic rings. The van der Waals surface area contributed by atoms with Gasteiger partial charge >= 0.3 is 5.97 Å². The number of hydrogen-bond acceptors (Lipinski definition) is 4. The van der Waals surface area contributed by atoms with Crippen LogP contribution in [0, 0.1) is 11.8 Å². The zero-order valence-corrected chi connectivity index (χ0v) is 20.1. The molecule has 1 atom stereocenters. The van der Waals surface area contributed by atoms with Gasteiger partial charge in [0.25, 0.3) is 0 Å². The van der Waals surface area contributed by atoms with E-state index < -0.39 is 12.0 Å². The van der Waals surface area contributed by atoms with Crippen LogP contribution in [0.4, 0.5) is 5.69 Å². The molecule has 1 aromatic heterocycles. The molecule has 0 unspecified atom stereocenters. The summed E-state index contributed by atoms with van der Waals surface area (Å²) in [4.78, 5) is 42.8. The first kappa shape index (κ1) is 24.4. The van der Waals surface area contributed by atoms with E-state index in [1.165, 1.54) is 21.1 Å². The number of amides is 2. The Bertz CT molecular complexity index is 786. The van der Waals surface area contributed by atoms with E-state index in [1.54, 1.807) is 14.1 Å². The summed E-state index contributed by atoms with van der Waals surface area (Å²) >= 11 is 1.20. The summed E-state index contributed by atoms with van der Waals surface area (Å²) < 4.78 is 0. The van der Waals surface area contributed by atoms with Gasteiger partial charge in [-0.15, -0.1) is 11.3 Å². The Morgan fingerprint density at radius 3 is 2.17 bits per heavy atom. The molecule has 1 saturated carbocycles. The SMILES string of the molecule is CC[C@@H](C(=O)N(C)C)N(C(=O)C1CCC(C)CC1)c1cc(C(C)(C)C)sc1C(=O)O. The van der Waals surface area contributed by atoms with Crippen LogP contribution in [0.15, 0.2) is 6.07 Å². The van der Waals surface area contributed by atoms with E-state index in [-0.39, 0.29) is 28.0 Å². The quantitative estimate of drug-likeness (QED) is 0.697. The van der Waals surface area contributed by atoms with Crippen LogP contribution in [-0.4, -0.2) is 47.9 Å². The third kappa shape index (κ3) is 5.23. The van der Waals surface area contributed by atoms with Crippen molar-refractivity contribution in [2.75, 3.05) is 19.0 Å². The maximum atomic E-state index is 13.7. The zero-order valence-electron chi connectivity index (χ0n) is 19.3. The van der Waals surface area contributed by atoms with E-state index in [0.29, 0.717) is 18.0 Å². The summed E-state index contributed by atoms with van der Waals surface area (Å²) in [6.07, 6.45) is 3.94. The number of thiophene rings is 1. The van der Waals surface area contributed by atoms with Gasteiger partial charge in [-0.3, -0.25) is 14.5 Å². The molecule has 0 bridgehead atoms. The topological polar surface area (TPSA) is 77.9 Å². The zero-order chi connectivity index (χ0) is 22.8. The lowest BCUT2D eigenvalue weighted by atomic mass is 9.82. The summed E-state index contributed by atoms with van der Waals surface area (Å²) in [5.74, 6) is -0.951. The molecule has 0 aliphatic heterocycles. The number of carboxylic acid groups (broad SMARTS) is 1. The minimum Gasteiger partial charge on any atom is -0.477 e. The van der Waals surface area contributed by atoms with E-state index >= 15 is 0 Å². The predicted molar refractivity (Wildman–Crippen MR) is 121 cm³/mol. The van der Waals surface area contributed by atoms with Crippen LogP contribution >= 0.6 is 11.3 Å². The number of anilines is 1. The summed E-state index contributed by atoms with van der Waals surface area (Å²) in [6.45, 7) is 10.1. The van der Waals surface area contributed by atoms with Crippen LogP contribution in [0.25, 0.3) is 0 Å². The molecule has 1 heterocycles. The van der Waals surface area contributed by atoms with Crippen molar-refractivity contribution in [1.82, 2.24) is 4.90 Å². The summed E-state index contributed by atoms with van der Waals surface area (Å²) in [5, 5.41) is 9.90. The van der Waals surface area contributed by atoms with Gasteiger partial charge in [-0.2, -0.15) is 0 Å². The Kier molecular flexibility index (Phi) is 7.72. The number of nitrogens with zero attached hydrogens (tertiary/aromatic N) is 2. The van der Waals surface area contributed by atoms with Gasteiger partial charge in [0.15, 0.2) is 0 Å². The fraction of sp³-hybridized carbons (Fsp3) is 0.696. The van der Waals surface area contributed by atoms with E-state index in [4.69, 9.17) is 0 Å². The van der Waals surface area contributed by atoms with Crippen molar-refractivity contribution < 1.29 is 19.5 Å². The molecular weight excluding hydrogens is 400 g/mol. The molecule has 2 rings (SSSR count). The van der Waals surface area contributed by atoms with Crippen LogP contribution in [0.2, 0.25) is 0 Å². The standard InChI is InChI=1S/C23H36N2O4S/c1-8-16(21(27)24(6)7)25(20(26)15-11-9-14(2)10-12-15)17-13-18(23(3,4)5)30-19(17)22(28)29/h13-16H,8-12H2,1-7H3,(H,28,29)/t14?,15?,16-/m0/s1. The first-order valence-corrected chi connectivity index (χ1v) is 11.6. The summed E-state index contributed by atoms with van der Waals surface area (Å²) in [6, 6.07) is 1.09. The summed E-state index contributed by atoms with van der Waals surface area (Å²) in [7, 11) is 3.34. The van der Waals surface area contributed by atoms with E-state index in [0.717, 1.165) is 30.6 Å². The third-order valence-corrected chi connectivity index (χ3v) is 7.47. The number of carboxylic acids is 1. The van der Waals surface area contributed by atoms with Crippen molar-refractivity contribution in [2.24, 2.45) is 11.8 Å². The smallest absolute Gasteiger partial charge is 0.348 e. The predicted octanol–water partition coefficient (Wildman–Crippen LogP) is 4.77. The van der Waals surface area contributed by atoms with Gasteiger partial charge < -0.3 is 10.0 Å². The first-order chi connectivity index (χ1) is 13.9. The molecule has 7 heteroatoms. The number of carbonyl (C=O) groups is 3. The molecule has 0 radical (unpaired) electrons. The van der Waals surface area contributed by atoms with Gasteiger partial charge in [-0.1, -0.05) is 34.6 Å². The van der Waals surface area contributed by atoms with Gasteiger partial charge in [0.2, 0.25) is 11.8 Å². The van der Waals surface area contributed by atoms with Gasteiger partial charge in [-0.05, 0) is 49.5 Å². The maximum Gasteiger partial charge on any atom is 0.348 e. The molecule has 30 heavy (non-hydrogen) atoms. The van der Waals surface area contributed by atoms with Gasteiger partial charge in [0.1, 0.15) is 10.9 Å². The highest BCUT2D eigenvalue weighted by Gasteiger charge is 2.39.